The van der Waals surface area contributed by atoms with E-state index in [-0.39, 0.29) is 6.10 Å². The van der Waals surface area contributed by atoms with Gasteiger partial charge in [-0.1, -0.05) is 56.3 Å². The van der Waals surface area contributed by atoms with Gasteiger partial charge in [-0.3, -0.25) is 0 Å². The lowest BCUT2D eigenvalue weighted by atomic mass is 9.98. The summed E-state index contributed by atoms with van der Waals surface area (Å²) >= 11 is 0. The minimum atomic E-state index is -0.193. The fourth-order valence-corrected chi connectivity index (χ4v) is 2.04. The molecule has 0 aliphatic rings. The van der Waals surface area contributed by atoms with Crippen molar-refractivity contribution in [3.63, 3.8) is 0 Å². The van der Waals surface area contributed by atoms with Crippen LogP contribution in [0.2, 0.25) is 0 Å². The second-order valence-corrected chi connectivity index (χ2v) is 5.03. The maximum atomic E-state index is 9.80. The Bertz CT molecular complexity index is 488. The summed E-state index contributed by atoms with van der Waals surface area (Å²) in [6, 6.07) is 14.9. The molecule has 0 radical (unpaired) electrons. The lowest BCUT2D eigenvalue weighted by Gasteiger charge is -2.14. The van der Waals surface area contributed by atoms with Crippen LogP contribution >= 0.6 is 0 Å². The van der Waals surface area contributed by atoms with E-state index in [1.807, 2.05) is 0 Å². The molecule has 0 amide bonds. The first-order chi connectivity index (χ1) is 8.16. The highest BCUT2D eigenvalue weighted by Gasteiger charge is 2.08. The molecule has 1 N–H and O–H groups in total. The van der Waals surface area contributed by atoms with E-state index in [0.29, 0.717) is 5.92 Å². The van der Waals surface area contributed by atoms with Crippen LogP contribution in [0.5, 0.6) is 0 Å². The largest absolute Gasteiger partial charge is 0.393 e. The average Bonchev–Trinajstić information content (AvgIpc) is 2.35. The van der Waals surface area contributed by atoms with Crippen molar-refractivity contribution in [3.8, 4) is 0 Å². The molecule has 1 heteroatoms. The molecule has 90 valence electrons. The van der Waals surface area contributed by atoms with Crippen molar-refractivity contribution in [2.24, 2.45) is 5.92 Å². The van der Waals surface area contributed by atoms with E-state index in [0.717, 1.165) is 12.8 Å². The number of benzene rings is 2. The fourth-order valence-electron chi connectivity index (χ4n) is 2.04. The van der Waals surface area contributed by atoms with Crippen molar-refractivity contribution in [2.75, 3.05) is 0 Å². The summed E-state index contributed by atoms with van der Waals surface area (Å²) in [5.74, 6) is 0.343. The van der Waals surface area contributed by atoms with Crippen molar-refractivity contribution < 1.29 is 5.11 Å². The Morgan fingerprint density at radius 1 is 1.00 bits per heavy atom. The second-order valence-electron chi connectivity index (χ2n) is 5.03. The Morgan fingerprint density at radius 3 is 2.41 bits per heavy atom. The molecular weight excluding hydrogens is 208 g/mol. The summed E-state index contributed by atoms with van der Waals surface area (Å²) in [6.07, 6.45) is 1.60. The van der Waals surface area contributed by atoms with E-state index in [1.54, 1.807) is 0 Å². The topological polar surface area (TPSA) is 20.2 Å². The Morgan fingerprint density at radius 2 is 1.71 bits per heavy atom. The molecule has 0 bridgehead atoms. The number of rotatable bonds is 4. The molecule has 0 saturated heterocycles. The molecule has 0 saturated carbocycles. The number of hydrogen-bond donors (Lipinski definition) is 1. The summed E-state index contributed by atoms with van der Waals surface area (Å²) < 4.78 is 0. The molecule has 1 nitrogen and oxygen atoms in total. The first kappa shape index (κ1) is 12.1. The first-order valence-corrected chi connectivity index (χ1v) is 6.32. The second kappa shape index (κ2) is 5.33. The number of hydrogen-bond acceptors (Lipinski definition) is 1. The van der Waals surface area contributed by atoms with Gasteiger partial charge < -0.3 is 5.11 Å². The molecular formula is C16H20O. The van der Waals surface area contributed by atoms with Gasteiger partial charge >= 0.3 is 0 Å². The average molecular weight is 228 g/mol. The third-order valence-corrected chi connectivity index (χ3v) is 3.31. The predicted molar refractivity (Wildman–Crippen MR) is 73.1 cm³/mol. The molecule has 2 aromatic rings. The van der Waals surface area contributed by atoms with Gasteiger partial charge in [0.1, 0.15) is 0 Å². The van der Waals surface area contributed by atoms with Crippen LogP contribution in [0.4, 0.5) is 0 Å². The highest BCUT2D eigenvalue weighted by molar-refractivity contribution is 5.82. The smallest absolute Gasteiger partial charge is 0.0566 e. The minimum Gasteiger partial charge on any atom is -0.393 e. The van der Waals surface area contributed by atoms with Crippen LogP contribution in [0.3, 0.4) is 0 Å². The highest BCUT2D eigenvalue weighted by Crippen LogP contribution is 2.18. The van der Waals surface area contributed by atoms with Gasteiger partial charge in [0.05, 0.1) is 6.10 Å². The van der Waals surface area contributed by atoms with Crippen molar-refractivity contribution in [1.82, 2.24) is 0 Å². The van der Waals surface area contributed by atoms with Gasteiger partial charge in [-0.25, -0.2) is 0 Å². The minimum absolute atomic E-state index is 0.193. The van der Waals surface area contributed by atoms with Crippen LogP contribution < -0.4 is 0 Å². The molecule has 1 unspecified atom stereocenters. The third-order valence-electron chi connectivity index (χ3n) is 3.31. The van der Waals surface area contributed by atoms with E-state index >= 15 is 0 Å². The molecule has 17 heavy (non-hydrogen) atoms. The van der Waals surface area contributed by atoms with E-state index < -0.39 is 0 Å². The van der Waals surface area contributed by atoms with E-state index in [1.165, 1.54) is 16.3 Å². The summed E-state index contributed by atoms with van der Waals surface area (Å²) in [5.41, 5.74) is 1.31. The summed E-state index contributed by atoms with van der Waals surface area (Å²) in [5, 5.41) is 12.4. The Labute approximate surface area is 103 Å². The van der Waals surface area contributed by atoms with Crippen LogP contribution in [-0.2, 0) is 6.42 Å². The molecule has 0 fully saturated rings. The molecule has 0 spiro atoms. The zero-order valence-corrected chi connectivity index (χ0v) is 10.6. The molecule has 0 aliphatic carbocycles. The lowest BCUT2D eigenvalue weighted by molar-refractivity contribution is 0.116. The van der Waals surface area contributed by atoms with Gasteiger partial charge in [0.25, 0.3) is 0 Å². The van der Waals surface area contributed by atoms with Crippen LogP contribution in [0.25, 0.3) is 10.8 Å². The Balaban J connectivity index is 2.09. The molecule has 0 aliphatic heterocycles. The fraction of sp³-hybridized carbons (Fsp3) is 0.375. The monoisotopic (exact) mass is 228 g/mol. The van der Waals surface area contributed by atoms with Gasteiger partial charge in [-0.2, -0.15) is 0 Å². The normalized spacial score (nSPS) is 13.2. The number of fused-ring (bicyclic) bond motifs is 1. The van der Waals surface area contributed by atoms with Crippen molar-refractivity contribution >= 4 is 10.8 Å². The van der Waals surface area contributed by atoms with Gasteiger partial charge in [-0.05, 0) is 35.1 Å². The highest BCUT2D eigenvalue weighted by atomic mass is 16.3. The summed E-state index contributed by atoms with van der Waals surface area (Å²) in [6.45, 7) is 4.12. The van der Waals surface area contributed by atoms with E-state index in [9.17, 15) is 5.11 Å². The lowest BCUT2D eigenvalue weighted by Crippen LogP contribution is -2.15. The maximum Gasteiger partial charge on any atom is 0.0566 e. The first-order valence-electron chi connectivity index (χ1n) is 6.32. The Kier molecular flexibility index (Phi) is 3.80. The number of aliphatic hydroxyl groups excluding tert-OH is 1. The van der Waals surface area contributed by atoms with Gasteiger partial charge in [0.15, 0.2) is 0 Å². The van der Waals surface area contributed by atoms with Crippen LogP contribution in [0.1, 0.15) is 25.8 Å². The predicted octanol–water partition coefficient (Wildman–Crippen LogP) is 3.79. The molecule has 2 rings (SSSR count). The van der Waals surface area contributed by atoms with Crippen molar-refractivity contribution in [3.05, 3.63) is 48.0 Å². The molecule has 0 heterocycles. The zero-order valence-electron chi connectivity index (χ0n) is 10.6. The van der Waals surface area contributed by atoms with Gasteiger partial charge in [0, 0.05) is 0 Å². The summed E-state index contributed by atoms with van der Waals surface area (Å²) in [4.78, 5) is 0. The van der Waals surface area contributed by atoms with Gasteiger partial charge in [0.2, 0.25) is 0 Å². The van der Waals surface area contributed by atoms with Crippen LogP contribution in [-0.4, -0.2) is 11.2 Å². The molecule has 0 aromatic heterocycles. The van der Waals surface area contributed by atoms with Crippen LogP contribution in [0.15, 0.2) is 42.5 Å². The van der Waals surface area contributed by atoms with Crippen molar-refractivity contribution in [2.45, 2.75) is 32.8 Å². The zero-order chi connectivity index (χ0) is 12.3. The van der Waals surface area contributed by atoms with Crippen molar-refractivity contribution in [1.29, 1.82) is 0 Å². The Hall–Kier alpha value is -1.34. The van der Waals surface area contributed by atoms with E-state index in [2.05, 4.69) is 56.3 Å². The van der Waals surface area contributed by atoms with Crippen LogP contribution in [0, 0.1) is 5.92 Å². The number of aryl methyl sites for hydroxylation is 1. The SMILES string of the molecule is CC(C)C(O)CCc1ccc2ccccc2c1. The quantitative estimate of drug-likeness (QED) is 0.844. The van der Waals surface area contributed by atoms with E-state index in [4.69, 9.17) is 0 Å². The molecule has 1 atom stereocenters. The standard InChI is InChI=1S/C16H20O/c1-12(2)16(17)10-8-13-7-9-14-5-3-4-6-15(14)11-13/h3-7,9,11-12,16-17H,8,10H2,1-2H3. The molecule has 2 aromatic carbocycles. The van der Waals surface area contributed by atoms with Gasteiger partial charge in [-0.15, -0.1) is 0 Å². The summed E-state index contributed by atoms with van der Waals surface area (Å²) in [7, 11) is 0. The number of aliphatic hydroxyl groups is 1. The maximum absolute atomic E-state index is 9.80. The third kappa shape index (κ3) is 3.07.